The van der Waals surface area contributed by atoms with Crippen molar-refractivity contribution in [2.75, 3.05) is 18.0 Å². The third kappa shape index (κ3) is 2.40. The fourth-order valence-corrected chi connectivity index (χ4v) is 2.45. The Bertz CT molecular complexity index is 804. The normalized spacial score (nSPS) is 11.0. The molecule has 2 heterocycles. The van der Waals surface area contributed by atoms with Gasteiger partial charge >= 0.3 is 5.63 Å². The Morgan fingerprint density at radius 1 is 1.24 bits per heavy atom. The molecule has 0 N–H and O–H groups in total. The minimum Gasteiger partial charge on any atom is -0.423 e. The van der Waals surface area contributed by atoms with Crippen molar-refractivity contribution in [3.05, 3.63) is 47.1 Å². The van der Waals surface area contributed by atoms with Crippen LogP contribution in [-0.2, 0) is 0 Å². The summed E-state index contributed by atoms with van der Waals surface area (Å²) >= 11 is 0. The lowest BCUT2D eigenvalue weighted by Gasteiger charge is -2.21. The van der Waals surface area contributed by atoms with E-state index >= 15 is 0 Å². The molecule has 0 aliphatic rings. The standard InChI is InChI=1S/C15H16N4O2/c1-3-18(4-2)11-5-6-12-13(19-8-7-16-17-19)10-15(20)21-14(12)9-11/h5-10H,3-4H2,1-2H3. The summed E-state index contributed by atoms with van der Waals surface area (Å²) in [4.78, 5) is 14.0. The van der Waals surface area contributed by atoms with Crippen molar-refractivity contribution in [2.45, 2.75) is 13.8 Å². The molecule has 0 unspecified atom stereocenters. The average Bonchev–Trinajstić information content (AvgIpc) is 3.01. The van der Waals surface area contributed by atoms with Gasteiger partial charge in [-0.25, -0.2) is 9.48 Å². The van der Waals surface area contributed by atoms with Crippen LogP contribution in [0.2, 0.25) is 0 Å². The van der Waals surface area contributed by atoms with Gasteiger partial charge in [-0.1, -0.05) is 5.21 Å². The molecule has 6 nitrogen and oxygen atoms in total. The van der Waals surface area contributed by atoms with Crippen LogP contribution in [0.4, 0.5) is 5.69 Å². The van der Waals surface area contributed by atoms with Gasteiger partial charge in [0.15, 0.2) is 0 Å². The van der Waals surface area contributed by atoms with Crippen molar-refractivity contribution < 1.29 is 4.42 Å². The van der Waals surface area contributed by atoms with Crippen molar-refractivity contribution in [1.82, 2.24) is 15.0 Å². The molecule has 6 heteroatoms. The zero-order valence-electron chi connectivity index (χ0n) is 12.0. The van der Waals surface area contributed by atoms with Crippen LogP contribution in [0.15, 0.2) is 45.9 Å². The molecule has 3 aromatic rings. The summed E-state index contributed by atoms with van der Waals surface area (Å²) in [5.74, 6) is 0. The Kier molecular flexibility index (Phi) is 3.43. The maximum Gasteiger partial charge on any atom is 0.338 e. The Balaban J connectivity index is 2.21. The first-order valence-corrected chi connectivity index (χ1v) is 6.92. The van der Waals surface area contributed by atoms with Crippen LogP contribution in [0, 0.1) is 0 Å². The molecule has 0 spiro atoms. The monoisotopic (exact) mass is 284 g/mol. The van der Waals surface area contributed by atoms with Gasteiger partial charge < -0.3 is 9.32 Å². The first-order valence-electron chi connectivity index (χ1n) is 6.92. The predicted molar refractivity (Wildman–Crippen MR) is 81.0 cm³/mol. The van der Waals surface area contributed by atoms with E-state index < -0.39 is 5.63 Å². The maximum absolute atomic E-state index is 11.8. The van der Waals surface area contributed by atoms with Gasteiger partial charge in [0.2, 0.25) is 0 Å². The second kappa shape index (κ2) is 5.40. The topological polar surface area (TPSA) is 64.2 Å². The highest BCUT2D eigenvalue weighted by Gasteiger charge is 2.10. The highest BCUT2D eigenvalue weighted by Crippen LogP contribution is 2.25. The van der Waals surface area contributed by atoms with E-state index in [1.54, 1.807) is 17.1 Å². The number of hydrogen-bond donors (Lipinski definition) is 0. The molecule has 3 rings (SSSR count). The van der Waals surface area contributed by atoms with Crippen LogP contribution in [0.25, 0.3) is 16.7 Å². The van der Waals surface area contributed by atoms with Gasteiger partial charge in [-0.2, -0.15) is 0 Å². The smallest absolute Gasteiger partial charge is 0.338 e. The first kappa shape index (κ1) is 13.4. The Morgan fingerprint density at radius 3 is 2.71 bits per heavy atom. The van der Waals surface area contributed by atoms with Crippen LogP contribution < -0.4 is 10.5 Å². The van der Waals surface area contributed by atoms with Crippen LogP contribution in [-0.4, -0.2) is 28.1 Å². The lowest BCUT2D eigenvalue weighted by Crippen LogP contribution is -2.21. The Morgan fingerprint density at radius 2 is 2.05 bits per heavy atom. The van der Waals surface area contributed by atoms with Gasteiger partial charge in [-0.05, 0) is 26.0 Å². The molecule has 0 saturated heterocycles. The number of rotatable bonds is 4. The molecule has 0 amide bonds. The molecular weight excluding hydrogens is 268 g/mol. The van der Waals surface area contributed by atoms with E-state index in [1.165, 1.54) is 6.07 Å². The maximum atomic E-state index is 11.8. The Labute approximate surface area is 121 Å². The molecule has 0 bridgehead atoms. The average molecular weight is 284 g/mol. The third-order valence-corrected chi connectivity index (χ3v) is 3.50. The van der Waals surface area contributed by atoms with Crippen molar-refractivity contribution >= 4 is 16.7 Å². The van der Waals surface area contributed by atoms with Crippen molar-refractivity contribution in [2.24, 2.45) is 0 Å². The number of benzene rings is 1. The van der Waals surface area contributed by atoms with E-state index in [1.807, 2.05) is 18.2 Å². The predicted octanol–water partition coefficient (Wildman–Crippen LogP) is 2.22. The van der Waals surface area contributed by atoms with Gasteiger partial charge in [0, 0.05) is 30.2 Å². The van der Waals surface area contributed by atoms with Crippen LogP contribution >= 0.6 is 0 Å². The quantitative estimate of drug-likeness (QED) is 0.687. The van der Waals surface area contributed by atoms with Crippen molar-refractivity contribution in [3.8, 4) is 5.69 Å². The van der Waals surface area contributed by atoms with Crippen LogP contribution in [0.5, 0.6) is 0 Å². The molecule has 0 radical (unpaired) electrons. The summed E-state index contributed by atoms with van der Waals surface area (Å²) in [6, 6.07) is 7.29. The van der Waals surface area contributed by atoms with Crippen molar-refractivity contribution in [1.29, 1.82) is 0 Å². The van der Waals surface area contributed by atoms with Crippen molar-refractivity contribution in [3.63, 3.8) is 0 Å². The fourth-order valence-electron chi connectivity index (χ4n) is 2.45. The summed E-state index contributed by atoms with van der Waals surface area (Å²) in [7, 11) is 0. The lowest BCUT2D eigenvalue weighted by atomic mass is 10.1. The minimum absolute atomic E-state index is 0.398. The summed E-state index contributed by atoms with van der Waals surface area (Å²) in [6.45, 7) is 5.98. The third-order valence-electron chi connectivity index (χ3n) is 3.50. The van der Waals surface area contributed by atoms with E-state index in [2.05, 4.69) is 29.1 Å². The molecule has 108 valence electrons. The molecular formula is C15H16N4O2. The molecule has 0 aliphatic carbocycles. The summed E-state index contributed by atoms with van der Waals surface area (Å²) < 4.78 is 6.90. The zero-order chi connectivity index (χ0) is 14.8. The fraction of sp³-hybridized carbons (Fsp3) is 0.267. The molecule has 21 heavy (non-hydrogen) atoms. The molecule has 0 saturated carbocycles. The lowest BCUT2D eigenvalue weighted by molar-refractivity contribution is 0.558. The summed E-state index contributed by atoms with van der Waals surface area (Å²) in [5.41, 5.74) is 1.86. The molecule has 1 aromatic carbocycles. The second-order valence-corrected chi connectivity index (χ2v) is 4.65. The Hall–Kier alpha value is -2.63. The summed E-state index contributed by atoms with van der Waals surface area (Å²) in [6.07, 6.45) is 3.28. The number of hydrogen-bond acceptors (Lipinski definition) is 5. The largest absolute Gasteiger partial charge is 0.423 e. The molecule has 0 atom stereocenters. The van der Waals surface area contributed by atoms with Gasteiger partial charge in [0.1, 0.15) is 5.58 Å². The summed E-state index contributed by atoms with van der Waals surface area (Å²) in [5, 5.41) is 8.55. The van der Waals surface area contributed by atoms with Gasteiger partial charge in [-0.3, -0.25) is 0 Å². The highest BCUT2D eigenvalue weighted by molar-refractivity contribution is 5.87. The van der Waals surface area contributed by atoms with Crippen LogP contribution in [0.1, 0.15) is 13.8 Å². The number of aromatic nitrogens is 3. The van der Waals surface area contributed by atoms with E-state index in [0.29, 0.717) is 11.3 Å². The molecule has 2 aromatic heterocycles. The SMILES string of the molecule is CCN(CC)c1ccc2c(-n3ccnn3)cc(=O)oc2c1. The first-order chi connectivity index (χ1) is 10.2. The second-order valence-electron chi connectivity index (χ2n) is 4.65. The van der Waals surface area contributed by atoms with E-state index in [9.17, 15) is 4.79 Å². The van der Waals surface area contributed by atoms with Gasteiger partial charge in [0.05, 0.1) is 24.1 Å². The number of nitrogens with zero attached hydrogens (tertiary/aromatic N) is 4. The minimum atomic E-state index is -0.398. The zero-order valence-corrected chi connectivity index (χ0v) is 12.0. The molecule has 0 aliphatic heterocycles. The van der Waals surface area contributed by atoms with Gasteiger partial charge in [0.25, 0.3) is 0 Å². The number of fused-ring (bicyclic) bond motifs is 1. The van der Waals surface area contributed by atoms with E-state index in [-0.39, 0.29) is 0 Å². The van der Waals surface area contributed by atoms with Gasteiger partial charge in [-0.15, -0.1) is 5.10 Å². The number of anilines is 1. The van der Waals surface area contributed by atoms with Crippen LogP contribution in [0.3, 0.4) is 0 Å². The highest BCUT2D eigenvalue weighted by atomic mass is 16.4. The van der Waals surface area contributed by atoms with E-state index in [4.69, 9.17) is 4.42 Å². The molecule has 0 fully saturated rings. The van der Waals surface area contributed by atoms with E-state index in [0.717, 1.165) is 24.2 Å².